The third-order valence-corrected chi connectivity index (χ3v) is 2.48. The van der Waals surface area contributed by atoms with E-state index in [4.69, 9.17) is 16.7 Å². The lowest BCUT2D eigenvalue weighted by atomic mass is 10.0. The molecular formula is C10H7ClF5NO2. The van der Waals surface area contributed by atoms with E-state index in [2.05, 4.69) is 4.98 Å². The molecule has 0 aliphatic rings. The van der Waals surface area contributed by atoms with E-state index in [0.29, 0.717) is 0 Å². The maximum atomic E-state index is 12.7. The van der Waals surface area contributed by atoms with Crippen molar-refractivity contribution in [3.05, 3.63) is 28.6 Å². The molecule has 0 aliphatic heterocycles. The number of aliphatic carboxylic acids is 1. The molecule has 0 radical (unpaired) electrons. The fourth-order valence-corrected chi connectivity index (χ4v) is 1.67. The average molecular weight is 304 g/mol. The number of hydrogen-bond donors (Lipinski definition) is 1. The van der Waals surface area contributed by atoms with Crippen molar-refractivity contribution in [2.45, 2.75) is 24.9 Å². The zero-order valence-electron chi connectivity index (χ0n) is 9.14. The molecule has 0 aromatic carbocycles. The molecule has 1 rings (SSSR count). The fourth-order valence-electron chi connectivity index (χ4n) is 1.45. The van der Waals surface area contributed by atoms with Gasteiger partial charge >= 0.3 is 12.1 Å². The molecule has 19 heavy (non-hydrogen) atoms. The molecule has 0 unspecified atom stereocenters. The van der Waals surface area contributed by atoms with Crippen LogP contribution in [0.3, 0.4) is 0 Å². The molecule has 0 saturated carbocycles. The van der Waals surface area contributed by atoms with Gasteiger partial charge in [-0.05, 0) is 11.6 Å². The fraction of sp³-hybridized carbons (Fsp3) is 0.400. The standard InChI is InChI=1S/C10H7ClF5NO2/c11-3-6-4(2-8(18)19)5(9(12)13)1-7(17-6)10(14,15)16/h1,9H,2-3H2,(H,18,19). The highest BCUT2D eigenvalue weighted by atomic mass is 35.5. The Morgan fingerprint density at radius 2 is 2.00 bits per heavy atom. The van der Waals surface area contributed by atoms with Crippen molar-refractivity contribution in [1.29, 1.82) is 0 Å². The van der Waals surface area contributed by atoms with Crippen LogP contribution in [0.1, 0.15) is 28.9 Å². The van der Waals surface area contributed by atoms with Gasteiger partial charge in [0.25, 0.3) is 6.43 Å². The molecule has 106 valence electrons. The minimum absolute atomic E-state index is 0.152. The minimum Gasteiger partial charge on any atom is -0.481 e. The monoisotopic (exact) mass is 303 g/mol. The van der Waals surface area contributed by atoms with Gasteiger partial charge in [-0.1, -0.05) is 0 Å². The Morgan fingerprint density at radius 1 is 1.42 bits per heavy atom. The molecule has 9 heteroatoms. The summed E-state index contributed by atoms with van der Waals surface area (Å²) < 4.78 is 62.9. The Hall–Kier alpha value is -1.44. The Balaban J connectivity index is 3.49. The van der Waals surface area contributed by atoms with Crippen molar-refractivity contribution >= 4 is 17.6 Å². The third kappa shape index (κ3) is 3.76. The van der Waals surface area contributed by atoms with Crippen LogP contribution in [0.2, 0.25) is 0 Å². The van der Waals surface area contributed by atoms with Gasteiger partial charge in [0.05, 0.1) is 18.0 Å². The van der Waals surface area contributed by atoms with Crippen LogP contribution in [-0.2, 0) is 23.3 Å². The smallest absolute Gasteiger partial charge is 0.433 e. The summed E-state index contributed by atoms with van der Waals surface area (Å²) >= 11 is 5.35. The molecule has 0 bridgehead atoms. The van der Waals surface area contributed by atoms with E-state index >= 15 is 0 Å². The molecular weight excluding hydrogens is 297 g/mol. The molecule has 1 heterocycles. The largest absolute Gasteiger partial charge is 0.481 e. The Morgan fingerprint density at radius 3 is 2.37 bits per heavy atom. The van der Waals surface area contributed by atoms with E-state index in [1.165, 1.54) is 0 Å². The van der Waals surface area contributed by atoms with Crippen LogP contribution in [0, 0.1) is 0 Å². The van der Waals surface area contributed by atoms with Crippen LogP contribution >= 0.6 is 11.6 Å². The maximum absolute atomic E-state index is 12.7. The summed E-state index contributed by atoms with van der Waals surface area (Å²) in [4.78, 5) is 13.7. The number of halogens is 6. The number of nitrogens with zero attached hydrogens (tertiary/aromatic N) is 1. The van der Waals surface area contributed by atoms with Crippen molar-refractivity contribution < 1.29 is 31.9 Å². The zero-order chi connectivity index (χ0) is 14.8. The Kier molecular flexibility index (Phi) is 4.67. The van der Waals surface area contributed by atoms with Gasteiger partial charge in [-0.3, -0.25) is 4.79 Å². The lowest BCUT2D eigenvalue weighted by Crippen LogP contribution is -2.15. The third-order valence-electron chi connectivity index (χ3n) is 2.22. The number of pyridine rings is 1. The van der Waals surface area contributed by atoms with Gasteiger partial charge < -0.3 is 5.11 Å². The first-order chi connectivity index (χ1) is 8.66. The second-order valence-electron chi connectivity index (χ2n) is 3.52. The first kappa shape index (κ1) is 15.6. The quantitative estimate of drug-likeness (QED) is 0.685. The lowest BCUT2D eigenvalue weighted by Gasteiger charge is -2.15. The van der Waals surface area contributed by atoms with Crippen LogP contribution in [0.25, 0.3) is 0 Å². The normalized spacial score (nSPS) is 11.9. The Labute approximate surface area is 109 Å². The molecule has 0 fully saturated rings. The highest BCUT2D eigenvalue weighted by Crippen LogP contribution is 2.34. The molecule has 0 saturated heterocycles. The van der Waals surface area contributed by atoms with Crippen LogP contribution in [0.15, 0.2) is 6.07 Å². The highest BCUT2D eigenvalue weighted by Gasteiger charge is 2.35. The molecule has 0 atom stereocenters. The first-order valence-electron chi connectivity index (χ1n) is 4.82. The summed E-state index contributed by atoms with van der Waals surface area (Å²) in [6.07, 6.45) is -9.03. The van der Waals surface area contributed by atoms with Gasteiger partial charge in [0.15, 0.2) is 0 Å². The predicted octanol–water partition coefficient (Wildman–Crippen LogP) is 3.40. The number of carbonyl (C=O) groups is 1. The molecule has 1 aromatic rings. The topological polar surface area (TPSA) is 50.2 Å². The van der Waals surface area contributed by atoms with Gasteiger partial charge in [-0.2, -0.15) is 13.2 Å². The summed E-state index contributed by atoms with van der Waals surface area (Å²) in [5, 5.41) is 8.58. The summed E-state index contributed by atoms with van der Waals surface area (Å²) in [6.45, 7) is 0. The number of rotatable bonds is 4. The van der Waals surface area contributed by atoms with Crippen LogP contribution < -0.4 is 0 Å². The van der Waals surface area contributed by atoms with Gasteiger partial charge in [-0.15, -0.1) is 11.6 Å². The van der Waals surface area contributed by atoms with E-state index in [1.54, 1.807) is 0 Å². The number of hydrogen-bond acceptors (Lipinski definition) is 2. The van der Waals surface area contributed by atoms with Crippen LogP contribution in [-0.4, -0.2) is 16.1 Å². The summed E-state index contributed by atoms with van der Waals surface area (Å²) in [5.74, 6) is -2.05. The van der Waals surface area contributed by atoms with Crippen molar-refractivity contribution in [2.24, 2.45) is 0 Å². The van der Waals surface area contributed by atoms with Crippen molar-refractivity contribution in [2.75, 3.05) is 0 Å². The van der Waals surface area contributed by atoms with E-state index < -0.39 is 53.4 Å². The van der Waals surface area contributed by atoms with E-state index in [9.17, 15) is 26.7 Å². The van der Waals surface area contributed by atoms with Crippen molar-refractivity contribution in [3.63, 3.8) is 0 Å². The minimum atomic E-state index is -4.91. The van der Waals surface area contributed by atoms with E-state index in [1.807, 2.05) is 0 Å². The molecule has 1 N–H and O–H groups in total. The van der Waals surface area contributed by atoms with Crippen molar-refractivity contribution in [1.82, 2.24) is 4.98 Å². The van der Waals surface area contributed by atoms with Gasteiger partial charge in [0, 0.05) is 5.56 Å². The van der Waals surface area contributed by atoms with Crippen LogP contribution in [0.5, 0.6) is 0 Å². The molecule has 0 spiro atoms. The van der Waals surface area contributed by atoms with Crippen LogP contribution in [0.4, 0.5) is 22.0 Å². The molecule has 0 aliphatic carbocycles. The number of aromatic nitrogens is 1. The first-order valence-corrected chi connectivity index (χ1v) is 5.36. The second kappa shape index (κ2) is 5.68. The average Bonchev–Trinajstić information content (AvgIpc) is 2.26. The molecule has 0 amide bonds. The zero-order valence-corrected chi connectivity index (χ0v) is 9.90. The number of carboxylic acid groups (broad SMARTS) is 1. The maximum Gasteiger partial charge on any atom is 0.433 e. The van der Waals surface area contributed by atoms with Gasteiger partial charge in [0.1, 0.15) is 5.69 Å². The second-order valence-corrected chi connectivity index (χ2v) is 3.79. The molecule has 1 aromatic heterocycles. The van der Waals surface area contributed by atoms with E-state index in [-0.39, 0.29) is 6.07 Å². The molecule has 3 nitrogen and oxygen atoms in total. The van der Waals surface area contributed by atoms with Gasteiger partial charge in [0.2, 0.25) is 0 Å². The van der Waals surface area contributed by atoms with Gasteiger partial charge in [-0.25, -0.2) is 13.8 Å². The SMILES string of the molecule is O=C(O)Cc1c(C(F)F)cc(C(F)(F)F)nc1CCl. The highest BCUT2D eigenvalue weighted by molar-refractivity contribution is 6.17. The Bertz CT molecular complexity index is 490. The predicted molar refractivity (Wildman–Crippen MR) is 55.1 cm³/mol. The number of carboxylic acids is 1. The summed E-state index contributed by atoms with van der Waals surface area (Å²) in [7, 11) is 0. The van der Waals surface area contributed by atoms with E-state index in [0.717, 1.165) is 0 Å². The summed E-state index contributed by atoms with van der Waals surface area (Å²) in [5.41, 5.74) is -3.52. The number of alkyl halides is 6. The van der Waals surface area contributed by atoms with Crippen molar-refractivity contribution in [3.8, 4) is 0 Å². The lowest BCUT2D eigenvalue weighted by molar-refractivity contribution is -0.141. The summed E-state index contributed by atoms with van der Waals surface area (Å²) in [6, 6.07) is 0.152.